The van der Waals surface area contributed by atoms with Gasteiger partial charge in [0.2, 0.25) is 0 Å². The van der Waals surface area contributed by atoms with E-state index >= 15 is 0 Å². The lowest BCUT2D eigenvalue weighted by molar-refractivity contribution is 0.124. The van der Waals surface area contributed by atoms with Crippen molar-refractivity contribution < 1.29 is 0 Å². The Morgan fingerprint density at radius 3 is 2.31 bits per heavy atom. The van der Waals surface area contributed by atoms with Crippen LogP contribution in [0, 0.1) is 5.92 Å². The molecule has 26 heavy (non-hydrogen) atoms. The molecule has 1 heterocycles. The molecule has 0 saturated carbocycles. The largest absolute Gasteiger partial charge is 0.356 e. The van der Waals surface area contributed by atoms with Crippen molar-refractivity contribution in [1.29, 1.82) is 0 Å². The zero-order chi connectivity index (χ0) is 18.8. The molecule has 0 radical (unpaired) electrons. The average molecular weight is 360 g/mol. The van der Waals surface area contributed by atoms with E-state index in [1.165, 1.54) is 43.9 Å². The van der Waals surface area contributed by atoms with Gasteiger partial charge in [0.25, 0.3) is 0 Å². The molecule has 1 aliphatic rings. The Bertz CT molecular complexity index is 549. The number of aliphatic imine (C=N–C) groups is 1. The summed E-state index contributed by atoms with van der Waals surface area (Å²) >= 11 is 0. The molecular formula is C21H37N5. The van der Waals surface area contributed by atoms with Gasteiger partial charge in [-0.05, 0) is 30.0 Å². The van der Waals surface area contributed by atoms with Crippen LogP contribution < -0.4 is 10.6 Å². The maximum absolute atomic E-state index is 4.37. The molecule has 5 heteroatoms. The van der Waals surface area contributed by atoms with Crippen LogP contribution in [0.3, 0.4) is 0 Å². The van der Waals surface area contributed by atoms with E-state index in [-0.39, 0.29) is 0 Å². The van der Waals surface area contributed by atoms with Gasteiger partial charge in [-0.3, -0.25) is 4.99 Å². The van der Waals surface area contributed by atoms with Crippen molar-refractivity contribution in [3.63, 3.8) is 0 Å². The quantitative estimate of drug-likeness (QED) is 0.552. The third-order valence-electron chi connectivity index (χ3n) is 5.27. The van der Waals surface area contributed by atoms with Gasteiger partial charge >= 0.3 is 0 Å². The van der Waals surface area contributed by atoms with Crippen LogP contribution in [0.4, 0.5) is 0 Å². The highest BCUT2D eigenvalue weighted by Crippen LogP contribution is 2.09. The van der Waals surface area contributed by atoms with Crippen LogP contribution >= 0.6 is 0 Å². The SMILES string of the molecule is CCc1ccccc1CNC(=NC)NCC(C)CN1CCN(CC)CC1. The minimum Gasteiger partial charge on any atom is -0.356 e. The van der Waals surface area contributed by atoms with Gasteiger partial charge < -0.3 is 20.4 Å². The Balaban J connectivity index is 1.71. The van der Waals surface area contributed by atoms with Crippen LogP contribution in [0.15, 0.2) is 29.3 Å². The number of nitrogens with one attached hydrogen (secondary N) is 2. The first-order chi connectivity index (χ1) is 12.7. The number of likely N-dealkylation sites (N-methyl/N-ethyl adjacent to an activating group) is 1. The summed E-state index contributed by atoms with van der Waals surface area (Å²) in [6.45, 7) is 15.7. The molecular weight excluding hydrogens is 322 g/mol. The predicted molar refractivity (Wildman–Crippen MR) is 112 cm³/mol. The first kappa shape index (κ1) is 20.7. The zero-order valence-corrected chi connectivity index (χ0v) is 17.1. The van der Waals surface area contributed by atoms with Gasteiger partial charge in [-0.25, -0.2) is 0 Å². The van der Waals surface area contributed by atoms with Crippen molar-refractivity contribution >= 4 is 5.96 Å². The van der Waals surface area contributed by atoms with E-state index in [0.29, 0.717) is 5.92 Å². The maximum atomic E-state index is 4.37. The van der Waals surface area contributed by atoms with Crippen molar-refractivity contribution in [2.75, 3.05) is 52.9 Å². The number of benzene rings is 1. The average Bonchev–Trinajstić information content (AvgIpc) is 2.69. The Kier molecular flexibility index (Phi) is 8.92. The van der Waals surface area contributed by atoms with Crippen LogP contribution in [0.25, 0.3) is 0 Å². The van der Waals surface area contributed by atoms with Gasteiger partial charge in [0.1, 0.15) is 0 Å². The molecule has 1 atom stereocenters. The monoisotopic (exact) mass is 359 g/mol. The molecule has 1 aromatic rings. The molecule has 2 N–H and O–H groups in total. The van der Waals surface area contributed by atoms with Crippen molar-refractivity contribution in [2.24, 2.45) is 10.9 Å². The summed E-state index contributed by atoms with van der Waals surface area (Å²) in [5, 5.41) is 6.94. The Labute approximate surface area is 159 Å². The number of aryl methyl sites for hydroxylation is 1. The Morgan fingerprint density at radius 1 is 1.04 bits per heavy atom. The molecule has 1 fully saturated rings. The van der Waals surface area contributed by atoms with Crippen molar-refractivity contribution in [2.45, 2.75) is 33.7 Å². The van der Waals surface area contributed by atoms with Crippen LogP contribution in [0.1, 0.15) is 31.9 Å². The minimum absolute atomic E-state index is 0.602. The van der Waals surface area contributed by atoms with Crippen molar-refractivity contribution in [3.8, 4) is 0 Å². The standard InChI is InChI=1S/C21H37N5/c1-5-19-9-7-8-10-20(19)16-24-21(22-4)23-15-18(3)17-26-13-11-25(6-2)12-14-26/h7-10,18H,5-6,11-17H2,1-4H3,(H2,22,23,24). The number of hydrogen-bond donors (Lipinski definition) is 2. The highest BCUT2D eigenvalue weighted by molar-refractivity contribution is 5.79. The van der Waals surface area contributed by atoms with Crippen LogP contribution in [0.2, 0.25) is 0 Å². The van der Waals surface area contributed by atoms with E-state index in [0.717, 1.165) is 32.0 Å². The third-order valence-corrected chi connectivity index (χ3v) is 5.27. The molecule has 1 unspecified atom stereocenters. The van der Waals surface area contributed by atoms with Crippen molar-refractivity contribution in [3.05, 3.63) is 35.4 Å². The van der Waals surface area contributed by atoms with Crippen LogP contribution in [0.5, 0.6) is 0 Å². The number of piperazine rings is 1. The number of guanidine groups is 1. The van der Waals surface area contributed by atoms with Gasteiger partial charge in [0, 0.05) is 52.9 Å². The summed E-state index contributed by atoms with van der Waals surface area (Å²) in [5.74, 6) is 1.49. The molecule has 146 valence electrons. The molecule has 1 aliphatic heterocycles. The summed E-state index contributed by atoms with van der Waals surface area (Å²) in [7, 11) is 1.84. The summed E-state index contributed by atoms with van der Waals surface area (Å²) in [6.07, 6.45) is 1.06. The van der Waals surface area contributed by atoms with Gasteiger partial charge in [0.15, 0.2) is 5.96 Å². The topological polar surface area (TPSA) is 42.9 Å². The van der Waals surface area contributed by atoms with E-state index in [4.69, 9.17) is 0 Å². The molecule has 5 nitrogen and oxygen atoms in total. The Morgan fingerprint density at radius 2 is 1.69 bits per heavy atom. The first-order valence-corrected chi connectivity index (χ1v) is 10.1. The number of nitrogens with zero attached hydrogens (tertiary/aromatic N) is 3. The van der Waals surface area contributed by atoms with Crippen LogP contribution in [-0.4, -0.2) is 68.6 Å². The fourth-order valence-electron chi connectivity index (χ4n) is 3.54. The number of rotatable bonds is 8. The normalized spacial score (nSPS) is 17.9. The second kappa shape index (κ2) is 11.2. The van der Waals surface area contributed by atoms with E-state index in [1.54, 1.807) is 0 Å². The smallest absolute Gasteiger partial charge is 0.191 e. The molecule has 0 bridgehead atoms. The van der Waals surface area contributed by atoms with Gasteiger partial charge in [0.05, 0.1) is 0 Å². The lowest BCUT2D eigenvalue weighted by Gasteiger charge is -2.35. The molecule has 0 aliphatic carbocycles. The lowest BCUT2D eigenvalue weighted by atomic mass is 10.1. The third kappa shape index (κ3) is 6.61. The van der Waals surface area contributed by atoms with Crippen LogP contribution in [-0.2, 0) is 13.0 Å². The predicted octanol–water partition coefficient (Wildman–Crippen LogP) is 2.19. The second-order valence-corrected chi connectivity index (χ2v) is 7.27. The first-order valence-electron chi connectivity index (χ1n) is 10.1. The molecule has 1 aromatic carbocycles. The van der Waals surface area contributed by atoms with E-state index in [1.807, 2.05) is 7.05 Å². The van der Waals surface area contributed by atoms with E-state index < -0.39 is 0 Å². The Hall–Kier alpha value is -1.59. The van der Waals surface area contributed by atoms with Gasteiger partial charge in [-0.1, -0.05) is 45.0 Å². The second-order valence-electron chi connectivity index (χ2n) is 7.27. The van der Waals surface area contributed by atoms with Gasteiger partial charge in [-0.15, -0.1) is 0 Å². The zero-order valence-electron chi connectivity index (χ0n) is 17.1. The minimum atomic E-state index is 0.602. The summed E-state index contributed by atoms with van der Waals surface area (Å²) in [4.78, 5) is 9.49. The van der Waals surface area contributed by atoms with E-state index in [2.05, 4.69) is 70.5 Å². The molecule has 2 rings (SSSR count). The summed E-state index contributed by atoms with van der Waals surface area (Å²) in [6, 6.07) is 8.61. The summed E-state index contributed by atoms with van der Waals surface area (Å²) in [5.41, 5.74) is 2.75. The molecule has 0 amide bonds. The highest BCUT2D eigenvalue weighted by atomic mass is 15.3. The van der Waals surface area contributed by atoms with Crippen molar-refractivity contribution in [1.82, 2.24) is 20.4 Å². The van der Waals surface area contributed by atoms with E-state index in [9.17, 15) is 0 Å². The molecule has 1 saturated heterocycles. The maximum Gasteiger partial charge on any atom is 0.191 e. The highest BCUT2D eigenvalue weighted by Gasteiger charge is 2.17. The summed E-state index contributed by atoms with van der Waals surface area (Å²) < 4.78 is 0. The molecule has 0 aromatic heterocycles. The van der Waals surface area contributed by atoms with Gasteiger partial charge in [-0.2, -0.15) is 0 Å². The fraction of sp³-hybridized carbons (Fsp3) is 0.667. The number of hydrogen-bond acceptors (Lipinski definition) is 3. The lowest BCUT2D eigenvalue weighted by Crippen LogP contribution is -2.48. The molecule has 0 spiro atoms. The fourth-order valence-corrected chi connectivity index (χ4v) is 3.54.